The van der Waals surface area contributed by atoms with E-state index in [0.717, 1.165) is 11.3 Å². The Morgan fingerprint density at radius 2 is 2.26 bits per heavy atom. The fourth-order valence-corrected chi connectivity index (χ4v) is 4.21. The van der Waals surface area contributed by atoms with Gasteiger partial charge in [0.05, 0.1) is 11.5 Å². The first kappa shape index (κ1) is 14.2. The largest absolute Gasteiger partial charge is 0.433 e. The molecule has 1 atom stereocenters. The molecule has 19 heavy (non-hydrogen) atoms. The predicted molar refractivity (Wildman–Crippen MR) is 65.5 cm³/mol. The minimum atomic E-state index is -3.10. The molecule has 5 nitrogen and oxygen atoms in total. The van der Waals surface area contributed by atoms with Gasteiger partial charge in [0, 0.05) is 6.04 Å². The molecule has 1 amide bonds. The van der Waals surface area contributed by atoms with Gasteiger partial charge in [-0.3, -0.25) is 4.79 Å². The average Bonchev–Trinajstić information content (AvgIpc) is 2.84. The number of sulfone groups is 1. The number of amides is 1. The first-order valence-electron chi connectivity index (χ1n) is 5.41. The van der Waals surface area contributed by atoms with Gasteiger partial charge < -0.3 is 10.1 Å². The summed E-state index contributed by atoms with van der Waals surface area (Å²) >= 11 is 0.963. The smallest absolute Gasteiger partial charge is 0.387 e. The molecule has 1 fully saturated rings. The summed E-state index contributed by atoms with van der Waals surface area (Å²) in [6, 6.07) is 0.802. The predicted octanol–water partition coefficient (Wildman–Crippen LogP) is 1.27. The number of thiophene rings is 1. The third kappa shape index (κ3) is 3.63. The van der Waals surface area contributed by atoms with Gasteiger partial charge in [0.2, 0.25) is 0 Å². The van der Waals surface area contributed by atoms with Crippen LogP contribution in [0, 0.1) is 0 Å². The molecule has 0 aromatic carbocycles. The van der Waals surface area contributed by atoms with E-state index < -0.39 is 28.4 Å². The van der Waals surface area contributed by atoms with Gasteiger partial charge in [-0.15, -0.1) is 11.3 Å². The molecule has 1 aliphatic heterocycles. The summed E-state index contributed by atoms with van der Waals surface area (Å²) < 4.78 is 50.9. The lowest BCUT2D eigenvalue weighted by atomic mass is 10.2. The van der Waals surface area contributed by atoms with E-state index in [1.807, 2.05) is 0 Å². The van der Waals surface area contributed by atoms with Crippen molar-refractivity contribution in [2.24, 2.45) is 0 Å². The Morgan fingerprint density at radius 3 is 2.84 bits per heavy atom. The topological polar surface area (TPSA) is 72.5 Å². The Morgan fingerprint density at radius 1 is 1.53 bits per heavy atom. The molecule has 2 heterocycles. The Labute approximate surface area is 112 Å². The number of carbonyl (C=O) groups excluding carboxylic acids is 1. The van der Waals surface area contributed by atoms with E-state index in [1.54, 1.807) is 0 Å². The van der Waals surface area contributed by atoms with Crippen LogP contribution in [0.4, 0.5) is 8.78 Å². The van der Waals surface area contributed by atoms with Crippen molar-refractivity contribution in [3.8, 4) is 5.75 Å². The molecule has 1 aromatic rings. The van der Waals surface area contributed by atoms with Crippen LogP contribution >= 0.6 is 11.3 Å². The van der Waals surface area contributed by atoms with Crippen LogP contribution in [-0.2, 0) is 9.84 Å². The third-order valence-corrected chi connectivity index (χ3v) is 5.28. The zero-order valence-corrected chi connectivity index (χ0v) is 11.3. The Hall–Kier alpha value is -1.22. The third-order valence-electron chi connectivity index (χ3n) is 2.62. The fourth-order valence-electron chi connectivity index (χ4n) is 1.81. The minimum Gasteiger partial charge on any atom is -0.433 e. The summed E-state index contributed by atoms with van der Waals surface area (Å²) in [6.45, 7) is -3.01. The van der Waals surface area contributed by atoms with E-state index in [9.17, 15) is 22.0 Å². The second-order valence-electron chi connectivity index (χ2n) is 4.07. The van der Waals surface area contributed by atoms with E-state index >= 15 is 0 Å². The van der Waals surface area contributed by atoms with Crippen molar-refractivity contribution in [1.82, 2.24) is 5.32 Å². The first-order chi connectivity index (χ1) is 8.87. The lowest BCUT2D eigenvalue weighted by Gasteiger charge is -2.11. The van der Waals surface area contributed by atoms with E-state index in [-0.39, 0.29) is 22.1 Å². The number of rotatable bonds is 4. The molecular weight excluding hydrogens is 300 g/mol. The minimum absolute atomic E-state index is 0.0181. The van der Waals surface area contributed by atoms with Gasteiger partial charge in [0.15, 0.2) is 9.84 Å². The van der Waals surface area contributed by atoms with Crippen molar-refractivity contribution in [2.45, 2.75) is 19.1 Å². The summed E-state index contributed by atoms with van der Waals surface area (Å²) in [5, 5.41) is 3.97. The highest BCUT2D eigenvalue weighted by atomic mass is 32.2. The Balaban J connectivity index is 2.03. The molecule has 1 N–H and O–H groups in total. The molecule has 0 unspecified atom stereocenters. The molecule has 9 heteroatoms. The van der Waals surface area contributed by atoms with Crippen molar-refractivity contribution in [2.75, 3.05) is 11.5 Å². The molecule has 0 bridgehead atoms. The number of hydrogen-bond acceptors (Lipinski definition) is 5. The van der Waals surface area contributed by atoms with Crippen molar-refractivity contribution >= 4 is 27.1 Å². The molecule has 1 aliphatic rings. The number of alkyl halides is 2. The van der Waals surface area contributed by atoms with Gasteiger partial charge >= 0.3 is 6.61 Å². The van der Waals surface area contributed by atoms with Crippen LogP contribution < -0.4 is 10.1 Å². The molecule has 0 spiro atoms. The monoisotopic (exact) mass is 311 g/mol. The van der Waals surface area contributed by atoms with Crippen LogP contribution in [0.5, 0.6) is 5.75 Å². The lowest BCUT2D eigenvalue weighted by Crippen LogP contribution is -2.35. The highest BCUT2D eigenvalue weighted by molar-refractivity contribution is 7.91. The molecule has 0 radical (unpaired) electrons. The Bertz CT molecular complexity index is 570. The molecule has 106 valence electrons. The number of halogens is 2. The van der Waals surface area contributed by atoms with Crippen LogP contribution in [0.2, 0.25) is 0 Å². The van der Waals surface area contributed by atoms with Crippen molar-refractivity contribution < 1.29 is 26.7 Å². The first-order valence-corrected chi connectivity index (χ1v) is 8.11. The van der Waals surface area contributed by atoms with Gasteiger partial charge in [-0.1, -0.05) is 0 Å². The van der Waals surface area contributed by atoms with Gasteiger partial charge in [-0.05, 0) is 17.9 Å². The SMILES string of the molecule is O=C(N[C@H]1CCS(=O)(=O)C1)c1sccc1OC(F)F. The molecule has 1 aromatic heterocycles. The van der Waals surface area contributed by atoms with Crippen molar-refractivity contribution in [1.29, 1.82) is 0 Å². The molecule has 2 rings (SSSR count). The summed E-state index contributed by atoms with van der Waals surface area (Å²) in [5.41, 5.74) is 0. The van der Waals surface area contributed by atoms with E-state index in [0.29, 0.717) is 6.42 Å². The van der Waals surface area contributed by atoms with Crippen molar-refractivity contribution in [3.63, 3.8) is 0 Å². The second-order valence-corrected chi connectivity index (χ2v) is 7.21. The average molecular weight is 311 g/mol. The second kappa shape index (κ2) is 5.41. The van der Waals surface area contributed by atoms with Gasteiger partial charge in [-0.25, -0.2) is 8.42 Å². The number of carbonyl (C=O) groups is 1. The molecule has 0 aliphatic carbocycles. The molecule has 1 saturated heterocycles. The van der Waals surface area contributed by atoms with E-state index in [4.69, 9.17) is 0 Å². The van der Waals surface area contributed by atoms with E-state index in [2.05, 4.69) is 10.1 Å². The number of hydrogen-bond donors (Lipinski definition) is 1. The lowest BCUT2D eigenvalue weighted by molar-refractivity contribution is -0.0498. The zero-order chi connectivity index (χ0) is 14.0. The maximum absolute atomic E-state index is 12.1. The number of ether oxygens (including phenoxy) is 1. The summed E-state index contributed by atoms with van der Waals surface area (Å²) in [5.74, 6) is -0.871. The van der Waals surface area contributed by atoms with Crippen LogP contribution in [0.1, 0.15) is 16.1 Å². The highest BCUT2D eigenvalue weighted by Gasteiger charge is 2.30. The van der Waals surface area contributed by atoms with Crippen LogP contribution in [0.3, 0.4) is 0 Å². The summed E-state index contributed by atoms with van der Waals surface area (Å²) in [4.78, 5) is 11.9. The van der Waals surface area contributed by atoms with Gasteiger partial charge in [0.25, 0.3) is 5.91 Å². The van der Waals surface area contributed by atoms with Gasteiger partial charge in [0.1, 0.15) is 10.6 Å². The zero-order valence-electron chi connectivity index (χ0n) is 9.64. The van der Waals surface area contributed by atoms with E-state index in [1.165, 1.54) is 11.4 Å². The maximum Gasteiger partial charge on any atom is 0.387 e. The van der Waals surface area contributed by atoms with Gasteiger partial charge in [-0.2, -0.15) is 8.78 Å². The highest BCUT2D eigenvalue weighted by Crippen LogP contribution is 2.26. The summed E-state index contributed by atoms with van der Waals surface area (Å²) in [7, 11) is -3.10. The fraction of sp³-hybridized carbons (Fsp3) is 0.500. The maximum atomic E-state index is 12.1. The van der Waals surface area contributed by atoms with Crippen LogP contribution in [0.15, 0.2) is 11.4 Å². The summed E-state index contributed by atoms with van der Waals surface area (Å²) in [6.07, 6.45) is 0.338. The standard InChI is InChI=1S/C10H11F2NO4S2/c11-10(12)17-7-1-3-18-8(7)9(14)13-6-2-4-19(15,16)5-6/h1,3,6,10H,2,4-5H2,(H,13,14)/t6-/m0/s1. The molecule has 0 saturated carbocycles. The normalized spacial score (nSPS) is 21.5. The van der Waals surface area contributed by atoms with Crippen LogP contribution in [-0.4, -0.2) is 38.5 Å². The number of nitrogens with one attached hydrogen (secondary N) is 1. The van der Waals surface area contributed by atoms with Crippen molar-refractivity contribution in [3.05, 3.63) is 16.3 Å². The Kier molecular flexibility index (Phi) is 4.04. The quantitative estimate of drug-likeness (QED) is 0.909. The molecular formula is C10H11F2NO4S2. The van der Waals surface area contributed by atoms with Crippen LogP contribution in [0.25, 0.3) is 0 Å².